The van der Waals surface area contributed by atoms with E-state index in [4.69, 9.17) is 13.7 Å². The second-order valence-corrected chi connectivity index (χ2v) is 19.3. The van der Waals surface area contributed by atoms with Crippen LogP contribution in [0.25, 0.3) is 0 Å². The molecule has 31 heteroatoms. The largest absolute Gasteiger partial charge is 1.00 e. The molecule has 1 aromatic carbocycles. The van der Waals surface area contributed by atoms with Crippen molar-refractivity contribution in [1.82, 2.24) is 41.7 Å². The number of fused-ring (bicyclic) bond motifs is 2. The second-order valence-electron chi connectivity index (χ2n) is 18.9. The van der Waals surface area contributed by atoms with Gasteiger partial charge in [-0.05, 0) is 51.8 Å². The van der Waals surface area contributed by atoms with E-state index < -0.39 is 183 Å². The van der Waals surface area contributed by atoms with E-state index in [0.29, 0.717) is 0 Å². The van der Waals surface area contributed by atoms with Crippen LogP contribution in [-0.4, -0.2) is 204 Å². The molecule has 3 heterocycles. The van der Waals surface area contributed by atoms with Gasteiger partial charge in [0.2, 0.25) is 35.4 Å². The number of phenols is 1. The number of aromatic hydroxyl groups is 1. The molecule has 4 rings (SSSR count). The summed E-state index contributed by atoms with van der Waals surface area (Å²) >= 11 is 0.000160. The molecule has 3 aliphatic rings. The molecule has 3 fully saturated rings. The van der Waals surface area contributed by atoms with Crippen molar-refractivity contribution in [2.45, 2.75) is 139 Å². The summed E-state index contributed by atoms with van der Waals surface area (Å²) in [5.74, 6) is -8.89. The van der Waals surface area contributed by atoms with E-state index in [-0.39, 0.29) is 66.3 Å². The first-order chi connectivity index (χ1) is 34.8. The summed E-state index contributed by atoms with van der Waals surface area (Å²) in [4.78, 5) is 113. The van der Waals surface area contributed by atoms with Gasteiger partial charge in [-0.25, -0.2) is 9.59 Å². The van der Waals surface area contributed by atoms with E-state index in [0.717, 1.165) is 28.9 Å². The Kier molecular flexibility index (Phi) is 25.2. The Morgan fingerprint density at radius 2 is 1.55 bits per heavy atom. The Balaban J connectivity index is 0.0000148. The Morgan fingerprint density at radius 1 is 0.893 bits per heavy atom. The topological polar surface area (TPSA) is 426 Å². The zero-order valence-electron chi connectivity index (χ0n) is 42.0. The minimum atomic E-state index is -2.17. The fourth-order valence-corrected chi connectivity index (χ4v) is 8.47. The van der Waals surface area contributed by atoms with E-state index in [1.807, 2.05) is 0 Å². The molecular weight excluding hydrogens is 1030 g/mol. The van der Waals surface area contributed by atoms with Crippen LogP contribution >= 0.6 is 12.3 Å². The van der Waals surface area contributed by atoms with Crippen LogP contribution in [0.1, 0.15) is 59.4 Å². The van der Waals surface area contributed by atoms with Gasteiger partial charge >= 0.3 is 41.7 Å². The molecule has 1 aromatic rings. The number of nitrogens with zero attached hydrogens (tertiary/aromatic N) is 2. The number of hydrogen-bond acceptors (Lipinski definition) is 22. The Bertz CT molecular complexity index is 2180. The summed E-state index contributed by atoms with van der Waals surface area (Å²) in [7, 11) is 0. The first-order valence-corrected chi connectivity index (χ1v) is 23.9. The number of ether oxygens (including phenoxy) is 2. The van der Waals surface area contributed by atoms with Crippen LogP contribution in [0.3, 0.4) is 0 Å². The quantitative estimate of drug-likeness (QED) is 0.0194. The van der Waals surface area contributed by atoms with Crippen LogP contribution in [0.15, 0.2) is 30.9 Å². The molecule has 75 heavy (non-hydrogen) atoms. The summed E-state index contributed by atoms with van der Waals surface area (Å²) in [5.41, 5.74) is -1.01. The fourth-order valence-electron chi connectivity index (χ4n) is 8.22. The van der Waals surface area contributed by atoms with Crippen molar-refractivity contribution < 1.29 is 132 Å². The van der Waals surface area contributed by atoms with Gasteiger partial charge in [0, 0.05) is 51.4 Å². The number of amides is 8. The normalized spacial score (nSPS) is 27.5. The monoisotopic (exact) mass is 1100 g/mol. The third-order valence-electron chi connectivity index (χ3n) is 11.8. The van der Waals surface area contributed by atoms with Crippen LogP contribution in [0.2, 0.25) is 0 Å². The van der Waals surface area contributed by atoms with E-state index in [1.54, 1.807) is 0 Å². The summed E-state index contributed by atoms with van der Waals surface area (Å²) in [6, 6.07) is -7.94. The molecule has 0 aromatic heterocycles. The van der Waals surface area contributed by atoms with Gasteiger partial charge in [0.05, 0.1) is 36.6 Å². The molecule has 3 saturated heterocycles. The SMILES string of the molecule is C=CCOC(=O)NCC[C@@H](O)[C@@H]1NC(=O)[C@H]([C@H](O)Cc2ccc(O)c(OSOO[O-])c2)NC(=O)[C@@H]2C[C@@H](O)CN2C(=O)[C@H]([C@@H](C)O)NC(=O)C(NC(=O)OC(C)(C)C)C[C@@H](O)CNC(=O)[C@@H]2[C@@H](O)[C@@H](C)CN2C1=O.[Na+]. The number of benzene rings is 1. The van der Waals surface area contributed by atoms with Gasteiger partial charge in [0.1, 0.15) is 48.5 Å². The summed E-state index contributed by atoms with van der Waals surface area (Å²) in [5, 5.41) is 106. The first kappa shape index (κ1) is 64.2. The second kappa shape index (κ2) is 29.4. The van der Waals surface area contributed by atoms with Gasteiger partial charge < -0.3 is 96.4 Å². The Hall–Kier alpha value is -5.09. The number of rotatable bonds is 15. The Morgan fingerprint density at radius 3 is 2.19 bits per heavy atom. The van der Waals surface area contributed by atoms with Crippen molar-refractivity contribution in [1.29, 1.82) is 0 Å². The van der Waals surface area contributed by atoms with Crippen LogP contribution in [-0.2, 0) is 54.0 Å². The van der Waals surface area contributed by atoms with E-state index in [1.165, 1.54) is 39.8 Å². The number of carbonyl (C=O) groups is 8. The van der Waals surface area contributed by atoms with Crippen molar-refractivity contribution in [2.75, 3.05) is 32.8 Å². The molecule has 0 aliphatic carbocycles. The van der Waals surface area contributed by atoms with Gasteiger partial charge in [-0.15, -0.1) is 4.33 Å². The van der Waals surface area contributed by atoms with Crippen molar-refractivity contribution in [2.24, 2.45) is 5.92 Å². The average molecular weight is 1100 g/mol. The third-order valence-corrected chi connectivity index (χ3v) is 12.2. The molecular formula is C44H65N8NaO21S. The molecule has 13 atom stereocenters. The van der Waals surface area contributed by atoms with Crippen molar-refractivity contribution in [3.8, 4) is 11.5 Å². The third kappa shape index (κ3) is 18.6. The van der Waals surface area contributed by atoms with Crippen molar-refractivity contribution in [3.05, 3.63) is 36.4 Å². The number of β-amino-alcohol motifs (C(OH)–C–C–N with tert-alkyl or cyclic N) is 1. The molecule has 8 amide bonds. The molecule has 1 unspecified atom stereocenters. The molecule has 0 spiro atoms. The maximum absolute atomic E-state index is 14.7. The number of alkyl carbamates (subject to hydrolysis) is 2. The van der Waals surface area contributed by atoms with Crippen molar-refractivity contribution in [3.63, 3.8) is 0 Å². The number of phenolic OH excluding ortho intramolecular Hbond substituents is 1. The Labute approximate surface area is 456 Å². The van der Waals surface area contributed by atoms with Gasteiger partial charge in [0.15, 0.2) is 11.5 Å². The van der Waals surface area contributed by atoms with Crippen LogP contribution in [0, 0.1) is 5.92 Å². The molecule has 414 valence electrons. The van der Waals surface area contributed by atoms with Gasteiger partial charge in [0.25, 0.3) is 12.3 Å². The fraction of sp³-hybridized carbons (Fsp3) is 0.636. The maximum atomic E-state index is 14.7. The number of carbonyl (C=O) groups excluding carboxylic acids is 8. The predicted molar refractivity (Wildman–Crippen MR) is 249 cm³/mol. The standard InChI is InChI=1S/C44H66N8O21S.Na/c1-7-12-69-42(66)45-11-10-28(57)33-41(65)52-18-20(2)35(59)34(52)39(63)46-17-23(54)15-25(47-43(67)70-44(4,5)6)36(60)48-31(21(3)53)40(64)51-19-24(55)16-26(51)37(61)49-32(38(62)50-33)29(58)13-22-8-9-27(56)30(14-22)71-74-73-72-68;/h7-9,14,20-21,23-26,28-29,31-35,53-59,68H,1,10-13,15-19H2,2-6H3,(H,45,66)(H,46,63)(H,47,67)(H,48,60)(H,49,61)(H,50,62);/q;+1/p-1/t20-,21+,23+,24+,25?,26-,28+,29+,31-,32-,33-,34-,35-;/m0./s1. The number of nitrogens with one attached hydrogen (secondary N) is 6. The van der Waals surface area contributed by atoms with Gasteiger partial charge in [-0.2, -0.15) is 0 Å². The summed E-state index contributed by atoms with van der Waals surface area (Å²) in [6.45, 7) is 8.35. The molecule has 0 radical (unpaired) electrons. The number of aliphatic hydroxyl groups is 6. The molecule has 0 bridgehead atoms. The van der Waals surface area contributed by atoms with Crippen LogP contribution in [0.5, 0.6) is 11.5 Å². The number of aliphatic hydroxyl groups excluding tert-OH is 6. The minimum Gasteiger partial charge on any atom is -0.691 e. The van der Waals surface area contributed by atoms with Crippen LogP contribution < -0.4 is 70.9 Å². The minimum absolute atomic E-state index is 0. The summed E-state index contributed by atoms with van der Waals surface area (Å²) in [6.07, 6.45) is -13.6. The molecule has 13 N–H and O–H groups in total. The zero-order chi connectivity index (χ0) is 55.2. The number of hydrogen-bond donors (Lipinski definition) is 13. The average Bonchev–Trinajstić information content (AvgIpc) is 3.87. The van der Waals surface area contributed by atoms with E-state index in [9.17, 15) is 79.4 Å². The van der Waals surface area contributed by atoms with Gasteiger partial charge in [-0.3, -0.25) is 33.8 Å². The predicted octanol–water partition coefficient (Wildman–Crippen LogP) is -8.09. The smallest absolute Gasteiger partial charge is 0.691 e. The molecule has 0 saturated carbocycles. The first-order valence-electron chi connectivity index (χ1n) is 23.3. The zero-order valence-corrected chi connectivity index (χ0v) is 44.9. The molecule has 3 aliphatic heterocycles. The van der Waals surface area contributed by atoms with E-state index >= 15 is 0 Å². The maximum Gasteiger partial charge on any atom is 1.00 e. The van der Waals surface area contributed by atoms with Crippen LogP contribution in [0.4, 0.5) is 9.59 Å². The molecule has 29 nitrogen and oxygen atoms in total. The van der Waals surface area contributed by atoms with Gasteiger partial charge in [-0.1, -0.05) is 25.6 Å². The summed E-state index contributed by atoms with van der Waals surface area (Å²) < 4.78 is 19.3. The van der Waals surface area contributed by atoms with Crippen molar-refractivity contribution >= 4 is 60.0 Å². The van der Waals surface area contributed by atoms with E-state index in [2.05, 4.69) is 47.9 Å².